The molecule has 20 N–H and O–H groups in total. The largest absolute Gasteiger partial charge is 0.394 e. The molecule has 30 atom stereocenters. The van der Waals surface area contributed by atoms with Crippen molar-refractivity contribution in [1.29, 1.82) is 0 Å². The summed E-state index contributed by atoms with van der Waals surface area (Å²) in [7, 11) is 0. The van der Waals surface area contributed by atoms with E-state index in [1.165, 1.54) is 0 Å². The summed E-state index contributed by atoms with van der Waals surface area (Å²) in [4.78, 5) is 74.9. The maximum Gasteiger partial charge on any atom is 0.217 e. The van der Waals surface area contributed by atoms with Gasteiger partial charge in [-0.2, -0.15) is 0 Å². The lowest BCUT2D eigenvalue weighted by Crippen LogP contribution is -2.72. The average molecular weight is 1240 g/mol. The van der Waals surface area contributed by atoms with Gasteiger partial charge < -0.3 is 155 Å². The molecule has 0 aromatic heterocycles. The quantitative estimate of drug-likeness (QED) is 0.0479. The molecule has 0 spiro atoms. The van der Waals surface area contributed by atoms with Gasteiger partial charge in [0.25, 0.3) is 0 Å². The lowest BCUT2D eigenvalue weighted by atomic mass is 9.92. The summed E-state index contributed by atoms with van der Waals surface area (Å²) in [5.41, 5.74) is 0. The number of carbonyl (C=O) groups is 6. The van der Waals surface area contributed by atoms with Crippen molar-refractivity contribution in [2.75, 3.05) is 39.6 Å². The van der Waals surface area contributed by atoms with Crippen molar-refractivity contribution in [3.8, 4) is 0 Å². The van der Waals surface area contributed by atoms with Crippen molar-refractivity contribution in [2.45, 2.75) is 225 Å². The first-order chi connectivity index (χ1) is 40.1. The topological polar surface area (TPSA) is 559 Å². The molecule has 0 aromatic carbocycles. The van der Waals surface area contributed by atoms with Crippen molar-refractivity contribution < 1.29 is 152 Å². The standard InChI is InChI=1S/C48H80N6O31/c1-13(61)49-25-33(69)38(20(8-56)75-43(25)74)81-45-27(51-15(3)63)35(71)40(22(10-58)77-45)83-47-29(53-17(5)65)37(73)42(24(12-60)79-47)85-48-30(54-18(6)66)36(72)41(23(11-59)80-48)84-46-28(52-16(4)64)34(70)39(21(9-57)78-46)82-44-26(50-14(2)62)32(68)31(67)19(7-55)76-44/h19-48,55-60,67-74H,7-12H2,1-6H3,(H,49,61)(H,50,62)(H,51,63)(H,52,64)(H,53,65)(H,54,66)/t19-,20-,21-,22-,23-,24-,25-,26-,27-,28-,29-,30-,31-,32-,33-,34-,35-,36-,37-,38-,39-,40-,41-,42-,43-,44+,45+,46+,47+,48+/m1/s1. The fraction of sp³-hybridized carbons (Fsp3) is 0.875. The number of aliphatic hydroxyl groups is 14. The number of rotatable bonds is 22. The van der Waals surface area contributed by atoms with Crippen LogP contribution in [0.4, 0.5) is 0 Å². The van der Waals surface area contributed by atoms with Crippen molar-refractivity contribution in [3.05, 3.63) is 0 Å². The Bertz CT molecular complexity index is 2230. The zero-order chi connectivity index (χ0) is 63.0. The van der Waals surface area contributed by atoms with Crippen LogP contribution >= 0.6 is 0 Å². The predicted octanol–water partition coefficient (Wildman–Crippen LogP) is -13.2. The van der Waals surface area contributed by atoms with Crippen LogP contribution in [0.5, 0.6) is 0 Å². The Hall–Kier alpha value is -4.18. The van der Waals surface area contributed by atoms with E-state index in [0.717, 1.165) is 41.5 Å². The molecule has 6 heterocycles. The molecule has 6 fully saturated rings. The fourth-order valence-electron chi connectivity index (χ4n) is 11.0. The van der Waals surface area contributed by atoms with Crippen LogP contribution in [-0.2, 0) is 80.9 Å². The number of carbonyl (C=O) groups excluding carboxylic acids is 6. The van der Waals surface area contributed by atoms with Crippen molar-refractivity contribution >= 4 is 35.4 Å². The van der Waals surface area contributed by atoms with E-state index in [0.29, 0.717) is 0 Å². The first kappa shape index (κ1) is 69.9. The summed E-state index contributed by atoms with van der Waals surface area (Å²) in [6.45, 7) is 0.406. The molecule has 6 rings (SSSR count). The summed E-state index contributed by atoms with van der Waals surface area (Å²) in [5.74, 6) is -4.75. The molecule has 0 unspecified atom stereocenters. The van der Waals surface area contributed by atoms with Gasteiger partial charge in [-0.25, -0.2) is 0 Å². The molecule has 6 aliphatic rings. The first-order valence-electron chi connectivity index (χ1n) is 27.1. The highest BCUT2D eigenvalue weighted by Crippen LogP contribution is 2.37. The highest BCUT2D eigenvalue weighted by atomic mass is 16.8. The van der Waals surface area contributed by atoms with Gasteiger partial charge in [0.2, 0.25) is 35.4 Å². The second-order valence-corrected chi connectivity index (χ2v) is 21.2. The number of amides is 6. The van der Waals surface area contributed by atoms with Crippen LogP contribution in [0.15, 0.2) is 0 Å². The fourth-order valence-corrected chi connectivity index (χ4v) is 11.0. The van der Waals surface area contributed by atoms with E-state index in [2.05, 4.69) is 31.9 Å². The Labute approximate surface area is 483 Å². The van der Waals surface area contributed by atoms with Gasteiger partial charge in [-0.3, -0.25) is 28.8 Å². The maximum absolute atomic E-state index is 12.8. The predicted molar refractivity (Wildman–Crippen MR) is 269 cm³/mol. The molecule has 488 valence electrons. The molecular formula is C48H80N6O31. The zero-order valence-electron chi connectivity index (χ0n) is 46.8. The van der Waals surface area contributed by atoms with Crippen LogP contribution in [0, 0.1) is 0 Å². The van der Waals surface area contributed by atoms with E-state index in [9.17, 15) is 100 Å². The van der Waals surface area contributed by atoms with Gasteiger partial charge in [-0.15, -0.1) is 0 Å². The molecule has 0 bridgehead atoms. The number of ether oxygens (including phenoxy) is 11. The highest BCUT2D eigenvalue weighted by Gasteiger charge is 2.59. The van der Waals surface area contributed by atoms with E-state index >= 15 is 0 Å². The minimum atomic E-state index is -2.07. The lowest BCUT2D eigenvalue weighted by molar-refractivity contribution is -0.370. The van der Waals surface area contributed by atoms with E-state index in [4.69, 9.17) is 52.1 Å². The molecule has 0 saturated carbocycles. The van der Waals surface area contributed by atoms with Crippen LogP contribution in [0.2, 0.25) is 0 Å². The molecule has 6 amide bonds. The molecule has 6 aliphatic heterocycles. The maximum atomic E-state index is 12.8. The number of hydrogen-bond acceptors (Lipinski definition) is 31. The minimum absolute atomic E-state index is 0.705. The third-order valence-corrected chi connectivity index (χ3v) is 14.8. The monoisotopic (exact) mass is 1240 g/mol. The number of aliphatic hydroxyl groups excluding tert-OH is 14. The van der Waals surface area contributed by atoms with Crippen molar-refractivity contribution in [3.63, 3.8) is 0 Å². The smallest absolute Gasteiger partial charge is 0.217 e. The van der Waals surface area contributed by atoms with Crippen LogP contribution in [0.1, 0.15) is 41.5 Å². The molecule has 37 heteroatoms. The molecule has 0 aliphatic carbocycles. The SMILES string of the molecule is CC(=O)N[C@@H]1[C@@H](O)[C@H](O[C@@H]2O[C@H](CO)[C@@H](O[C@@H]3O[C@H](CO)[C@@H](O[C@@H]4O[C@H](CO)[C@@H](O[C@@H]5O[C@H](CO)[C@@H](O[C@@H]6O[C@H](CO)[C@@H](O)[C@H](O)[C@H]6NC(C)=O)[C@H](O)[C@H]5NC(C)=O)[C@H](O)[C@H]4NC(C)=O)[C@H](O)[C@H]3NC(C)=O)[C@H](O)[C@H]2NC(C)=O)[C@@H](CO)O[C@H]1O. The van der Waals surface area contributed by atoms with Gasteiger partial charge in [0.1, 0.15) is 146 Å². The van der Waals surface area contributed by atoms with E-state index in [1.54, 1.807) is 0 Å². The summed E-state index contributed by atoms with van der Waals surface area (Å²) in [6.07, 6.45) is -43.4. The van der Waals surface area contributed by atoms with Gasteiger partial charge in [-0.1, -0.05) is 0 Å². The average Bonchev–Trinajstić information content (AvgIpc) is 2.60. The molecule has 0 aromatic rings. The van der Waals surface area contributed by atoms with E-state index < -0.39 is 259 Å². The van der Waals surface area contributed by atoms with Gasteiger partial charge in [0.15, 0.2) is 37.7 Å². The Morgan fingerprint density at radius 1 is 0.282 bits per heavy atom. The Balaban J connectivity index is 1.23. The molecule has 85 heavy (non-hydrogen) atoms. The molecule has 0 radical (unpaired) electrons. The van der Waals surface area contributed by atoms with Gasteiger partial charge >= 0.3 is 0 Å². The van der Waals surface area contributed by atoms with Crippen LogP contribution in [0.25, 0.3) is 0 Å². The van der Waals surface area contributed by atoms with Gasteiger partial charge in [-0.05, 0) is 0 Å². The number of nitrogens with one attached hydrogen (secondary N) is 6. The van der Waals surface area contributed by atoms with Crippen molar-refractivity contribution in [1.82, 2.24) is 31.9 Å². The zero-order valence-corrected chi connectivity index (χ0v) is 46.8. The van der Waals surface area contributed by atoms with Crippen LogP contribution < -0.4 is 31.9 Å². The molecule has 37 nitrogen and oxygen atoms in total. The highest BCUT2D eigenvalue weighted by molar-refractivity contribution is 5.75. The Morgan fingerprint density at radius 3 is 0.694 bits per heavy atom. The Morgan fingerprint density at radius 2 is 0.471 bits per heavy atom. The third-order valence-electron chi connectivity index (χ3n) is 14.8. The summed E-state index contributed by atoms with van der Waals surface area (Å²) in [5, 5.41) is 168. The van der Waals surface area contributed by atoms with E-state index in [-0.39, 0.29) is 0 Å². The number of hydrogen-bond donors (Lipinski definition) is 20. The molecular weight excluding hydrogens is 1160 g/mol. The van der Waals surface area contributed by atoms with E-state index in [1.807, 2.05) is 0 Å². The second-order valence-electron chi connectivity index (χ2n) is 21.2. The molecule has 6 saturated heterocycles. The second kappa shape index (κ2) is 30.8. The van der Waals surface area contributed by atoms with Gasteiger partial charge in [0.05, 0.1) is 39.6 Å². The van der Waals surface area contributed by atoms with Gasteiger partial charge in [0, 0.05) is 41.5 Å². The third kappa shape index (κ3) is 16.4. The Kier molecular flexibility index (Phi) is 25.4. The lowest BCUT2D eigenvalue weighted by Gasteiger charge is -2.51. The summed E-state index contributed by atoms with van der Waals surface area (Å²) in [6, 6.07) is -10.0. The summed E-state index contributed by atoms with van der Waals surface area (Å²) < 4.78 is 65.4. The van der Waals surface area contributed by atoms with Crippen LogP contribution in [-0.4, -0.2) is 330 Å². The van der Waals surface area contributed by atoms with Crippen molar-refractivity contribution in [2.24, 2.45) is 0 Å². The minimum Gasteiger partial charge on any atom is -0.394 e. The summed E-state index contributed by atoms with van der Waals surface area (Å²) >= 11 is 0. The first-order valence-corrected chi connectivity index (χ1v) is 27.1. The normalized spacial score (nSPS) is 44.0. The van der Waals surface area contributed by atoms with Crippen LogP contribution in [0.3, 0.4) is 0 Å².